The van der Waals surface area contributed by atoms with Gasteiger partial charge in [-0.1, -0.05) is 36.0 Å². The smallest absolute Gasteiger partial charge is 0.335 e. The standard InChI is InChI=1S/C20H17N3O4S/c21-16-6-1-2-7-18(16)28-19-9-8-13(10-17(19)23(26)27)12-22-15-5-3-4-14(11-15)20(24)25/h1-11,22H,12,21H2,(H,24,25). The predicted octanol–water partition coefficient (Wildman–Crippen LogP) is 4.64. The van der Waals surface area contributed by atoms with Crippen LogP contribution in [0.2, 0.25) is 0 Å². The highest BCUT2D eigenvalue weighted by Gasteiger charge is 2.16. The first kappa shape index (κ1) is 19.2. The summed E-state index contributed by atoms with van der Waals surface area (Å²) in [6, 6.07) is 18.6. The number of carboxylic acid groups (broad SMARTS) is 1. The van der Waals surface area contributed by atoms with Gasteiger partial charge in [0.25, 0.3) is 5.69 Å². The zero-order valence-corrected chi connectivity index (χ0v) is 15.5. The molecule has 0 radical (unpaired) electrons. The van der Waals surface area contributed by atoms with E-state index in [0.717, 1.165) is 4.90 Å². The van der Waals surface area contributed by atoms with Gasteiger partial charge in [-0.3, -0.25) is 10.1 Å². The van der Waals surface area contributed by atoms with E-state index in [1.165, 1.54) is 30.0 Å². The van der Waals surface area contributed by atoms with Crippen LogP contribution in [0.1, 0.15) is 15.9 Å². The van der Waals surface area contributed by atoms with Crippen molar-refractivity contribution in [1.29, 1.82) is 0 Å². The molecule has 0 aromatic heterocycles. The van der Waals surface area contributed by atoms with Gasteiger partial charge in [-0.15, -0.1) is 0 Å². The number of aromatic carboxylic acids is 1. The molecule has 0 heterocycles. The van der Waals surface area contributed by atoms with E-state index in [1.807, 2.05) is 18.2 Å². The Morgan fingerprint density at radius 2 is 1.86 bits per heavy atom. The van der Waals surface area contributed by atoms with Gasteiger partial charge in [0.1, 0.15) is 0 Å². The van der Waals surface area contributed by atoms with Crippen LogP contribution in [0.25, 0.3) is 0 Å². The lowest BCUT2D eigenvalue weighted by atomic mass is 10.1. The van der Waals surface area contributed by atoms with Gasteiger partial charge in [0.2, 0.25) is 0 Å². The fourth-order valence-corrected chi connectivity index (χ4v) is 3.50. The van der Waals surface area contributed by atoms with Crippen LogP contribution in [0.15, 0.2) is 76.5 Å². The maximum Gasteiger partial charge on any atom is 0.335 e. The second-order valence-electron chi connectivity index (χ2n) is 5.94. The Morgan fingerprint density at radius 1 is 1.07 bits per heavy atom. The zero-order valence-electron chi connectivity index (χ0n) is 14.7. The largest absolute Gasteiger partial charge is 0.478 e. The van der Waals surface area contributed by atoms with Crippen LogP contribution in [-0.4, -0.2) is 16.0 Å². The summed E-state index contributed by atoms with van der Waals surface area (Å²) in [6.07, 6.45) is 0. The van der Waals surface area contributed by atoms with E-state index in [4.69, 9.17) is 10.8 Å². The molecule has 0 bridgehead atoms. The molecule has 3 aromatic carbocycles. The monoisotopic (exact) mass is 395 g/mol. The molecule has 0 amide bonds. The number of hydrogen-bond donors (Lipinski definition) is 3. The summed E-state index contributed by atoms with van der Waals surface area (Å²) in [5, 5.41) is 23.7. The van der Waals surface area contributed by atoms with Crippen LogP contribution in [0, 0.1) is 10.1 Å². The second kappa shape index (κ2) is 8.45. The fourth-order valence-electron chi connectivity index (χ4n) is 2.56. The molecule has 0 aliphatic carbocycles. The lowest BCUT2D eigenvalue weighted by Crippen LogP contribution is -2.03. The number of carbonyl (C=O) groups is 1. The van der Waals surface area contributed by atoms with Gasteiger partial charge >= 0.3 is 5.97 Å². The highest BCUT2D eigenvalue weighted by Crippen LogP contribution is 2.37. The van der Waals surface area contributed by atoms with Crippen molar-refractivity contribution in [1.82, 2.24) is 0 Å². The minimum atomic E-state index is -1.01. The summed E-state index contributed by atoms with van der Waals surface area (Å²) in [4.78, 5) is 23.4. The highest BCUT2D eigenvalue weighted by atomic mass is 32.2. The van der Waals surface area contributed by atoms with E-state index in [2.05, 4.69) is 5.32 Å². The van der Waals surface area contributed by atoms with Crippen molar-refractivity contribution in [3.63, 3.8) is 0 Å². The summed E-state index contributed by atoms with van der Waals surface area (Å²) < 4.78 is 0. The number of para-hydroxylation sites is 1. The Labute approximate surface area is 165 Å². The number of nitro benzene ring substituents is 1. The number of nitrogen functional groups attached to an aromatic ring is 1. The topological polar surface area (TPSA) is 118 Å². The molecule has 0 spiro atoms. The molecular formula is C20H17N3O4S. The number of anilines is 2. The molecule has 3 rings (SSSR count). The van der Waals surface area contributed by atoms with Crippen molar-refractivity contribution in [2.75, 3.05) is 11.1 Å². The lowest BCUT2D eigenvalue weighted by Gasteiger charge is -2.10. The number of carboxylic acids is 1. The number of rotatable bonds is 7. The highest BCUT2D eigenvalue weighted by molar-refractivity contribution is 7.99. The minimum absolute atomic E-state index is 0.00756. The Bertz CT molecular complexity index is 1040. The molecule has 0 unspecified atom stereocenters. The van der Waals surface area contributed by atoms with E-state index in [1.54, 1.807) is 30.3 Å². The number of nitrogens with two attached hydrogens (primary N) is 1. The Morgan fingerprint density at radius 3 is 2.57 bits per heavy atom. The predicted molar refractivity (Wildman–Crippen MR) is 109 cm³/mol. The molecule has 0 aliphatic heterocycles. The molecule has 0 saturated carbocycles. The SMILES string of the molecule is Nc1ccccc1Sc1ccc(CNc2cccc(C(=O)O)c2)cc1[N+](=O)[O-]. The molecule has 0 atom stereocenters. The first-order valence-electron chi connectivity index (χ1n) is 8.31. The average molecular weight is 395 g/mol. The maximum absolute atomic E-state index is 11.5. The Kier molecular flexibility index (Phi) is 5.81. The number of nitrogens with one attached hydrogen (secondary N) is 1. The number of benzene rings is 3. The third-order valence-electron chi connectivity index (χ3n) is 3.97. The van der Waals surface area contributed by atoms with Crippen molar-refractivity contribution in [3.8, 4) is 0 Å². The van der Waals surface area contributed by atoms with Crippen molar-refractivity contribution in [2.24, 2.45) is 0 Å². The fraction of sp³-hybridized carbons (Fsp3) is 0.0500. The summed E-state index contributed by atoms with van der Waals surface area (Å²) in [5.74, 6) is -1.01. The van der Waals surface area contributed by atoms with Crippen LogP contribution < -0.4 is 11.1 Å². The van der Waals surface area contributed by atoms with Crippen molar-refractivity contribution < 1.29 is 14.8 Å². The van der Waals surface area contributed by atoms with Crippen LogP contribution >= 0.6 is 11.8 Å². The van der Waals surface area contributed by atoms with E-state index in [9.17, 15) is 14.9 Å². The molecule has 142 valence electrons. The van der Waals surface area contributed by atoms with Gasteiger partial charge in [0.15, 0.2) is 0 Å². The maximum atomic E-state index is 11.5. The molecule has 3 aromatic rings. The van der Waals surface area contributed by atoms with Gasteiger partial charge < -0.3 is 16.2 Å². The molecular weight excluding hydrogens is 378 g/mol. The van der Waals surface area contributed by atoms with Gasteiger partial charge in [0, 0.05) is 28.9 Å². The Hall–Kier alpha value is -3.52. The van der Waals surface area contributed by atoms with Crippen LogP contribution in [0.4, 0.5) is 17.1 Å². The van der Waals surface area contributed by atoms with E-state index in [-0.39, 0.29) is 11.3 Å². The zero-order chi connectivity index (χ0) is 20.1. The third kappa shape index (κ3) is 4.60. The minimum Gasteiger partial charge on any atom is -0.478 e. The molecule has 8 heteroatoms. The summed E-state index contributed by atoms with van der Waals surface area (Å²) in [7, 11) is 0. The molecule has 4 N–H and O–H groups in total. The summed E-state index contributed by atoms with van der Waals surface area (Å²) in [6.45, 7) is 0.322. The lowest BCUT2D eigenvalue weighted by molar-refractivity contribution is -0.387. The third-order valence-corrected chi connectivity index (χ3v) is 5.12. The van der Waals surface area contributed by atoms with Crippen LogP contribution in [-0.2, 0) is 6.54 Å². The molecule has 0 fully saturated rings. The van der Waals surface area contributed by atoms with Gasteiger partial charge in [0.05, 0.1) is 15.4 Å². The van der Waals surface area contributed by atoms with Crippen molar-refractivity contribution in [3.05, 3.63) is 88.0 Å². The second-order valence-corrected chi connectivity index (χ2v) is 7.02. The summed E-state index contributed by atoms with van der Waals surface area (Å²) >= 11 is 1.25. The number of nitro groups is 1. The van der Waals surface area contributed by atoms with Gasteiger partial charge in [-0.2, -0.15) is 0 Å². The van der Waals surface area contributed by atoms with Crippen molar-refractivity contribution in [2.45, 2.75) is 16.3 Å². The summed E-state index contributed by atoms with van der Waals surface area (Å²) in [5.41, 5.74) is 7.98. The van der Waals surface area contributed by atoms with Gasteiger partial charge in [-0.05, 0) is 42.0 Å². The molecule has 0 aliphatic rings. The first-order chi connectivity index (χ1) is 13.4. The van der Waals surface area contributed by atoms with E-state index < -0.39 is 10.9 Å². The number of hydrogen-bond acceptors (Lipinski definition) is 6. The Balaban J connectivity index is 1.79. The first-order valence-corrected chi connectivity index (χ1v) is 9.12. The van der Waals surface area contributed by atoms with Crippen LogP contribution in [0.5, 0.6) is 0 Å². The quantitative estimate of drug-likeness (QED) is 0.303. The van der Waals surface area contributed by atoms with Crippen molar-refractivity contribution >= 4 is 34.8 Å². The van der Waals surface area contributed by atoms with Crippen LogP contribution in [0.3, 0.4) is 0 Å². The molecule has 7 nitrogen and oxygen atoms in total. The van der Waals surface area contributed by atoms with E-state index in [0.29, 0.717) is 28.4 Å². The molecule has 28 heavy (non-hydrogen) atoms. The normalized spacial score (nSPS) is 10.4. The van der Waals surface area contributed by atoms with Gasteiger partial charge in [-0.25, -0.2) is 4.79 Å². The average Bonchev–Trinajstić information content (AvgIpc) is 2.69. The van der Waals surface area contributed by atoms with E-state index >= 15 is 0 Å². The number of nitrogens with zero attached hydrogens (tertiary/aromatic N) is 1. The molecule has 0 saturated heterocycles.